The van der Waals surface area contributed by atoms with Crippen LogP contribution in [0.2, 0.25) is 0 Å². The van der Waals surface area contributed by atoms with Crippen LogP contribution in [0, 0.1) is 11.3 Å². The van der Waals surface area contributed by atoms with Crippen molar-refractivity contribution in [3.8, 4) is 0 Å². The SMILES string of the molecule is CCc1ccc(S(=O)(=O)N2CCC3(CC3C(=O)NCc3cccnc3)C2)cc1.O=C(O)C(F)(F)F. The van der Waals surface area contributed by atoms with Crippen molar-refractivity contribution in [1.82, 2.24) is 14.6 Å². The lowest BCUT2D eigenvalue weighted by molar-refractivity contribution is -0.192. The van der Waals surface area contributed by atoms with Gasteiger partial charge >= 0.3 is 12.1 Å². The van der Waals surface area contributed by atoms with Crippen molar-refractivity contribution in [1.29, 1.82) is 0 Å². The quantitative estimate of drug-likeness (QED) is 0.614. The van der Waals surface area contributed by atoms with E-state index in [-0.39, 0.29) is 17.2 Å². The van der Waals surface area contributed by atoms with E-state index >= 15 is 0 Å². The molecule has 2 unspecified atom stereocenters. The molecule has 0 bridgehead atoms. The number of rotatable bonds is 6. The third-order valence-electron chi connectivity index (χ3n) is 6.26. The molecule has 8 nitrogen and oxygen atoms in total. The lowest BCUT2D eigenvalue weighted by Gasteiger charge is -2.17. The lowest BCUT2D eigenvalue weighted by atomic mass is 10.0. The Labute approximate surface area is 201 Å². The van der Waals surface area contributed by atoms with Crippen LogP contribution < -0.4 is 5.32 Å². The average Bonchev–Trinajstić information content (AvgIpc) is 3.36. The minimum atomic E-state index is -5.08. The van der Waals surface area contributed by atoms with Crippen LogP contribution >= 0.6 is 0 Å². The van der Waals surface area contributed by atoms with Crippen LogP contribution in [0.1, 0.15) is 30.9 Å². The molecule has 1 aromatic heterocycles. The number of amides is 1. The smallest absolute Gasteiger partial charge is 0.475 e. The number of aromatic nitrogens is 1. The molecular formula is C23H26F3N3O5S. The molecule has 2 aliphatic rings. The number of nitrogens with zero attached hydrogens (tertiary/aromatic N) is 2. The Kier molecular flexibility index (Phi) is 7.85. The Hall–Kier alpha value is -2.99. The van der Waals surface area contributed by atoms with E-state index in [2.05, 4.69) is 10.3 Å². The number of hydrogen-bond acceptors (Lipinski definition) is 5. The number of aliphatic carboxylic acids is 1. The minimum Gasteiger partial charge on any atom is -0.475 e. The van der Waals surface area contributed by atoms with Crippen molar-refractivity contribution in [2.45, 2.75) is 43.8 Å². The second-order valence-electron chi connectivity index (χ2n) is 8.59. The standard InChI is InChI=1S/C21H25N3O3S.C2HF3O2/c1-2-16-5-7-18(8-6-16)28(26,27)24-11-9-21(15-24)12-19(21)20(25)23-14-17-4-3-10-22-13-17;3-2(4,5)1(6)7/h3-8,10,13,19H,2,9,11-12,14-15H2,1H3,(H,23,25);(H,6,7). The number of nitrogens with one attached hydrogen (secondary N) is 1. The molecular weight excluding hydrogens is 487 g/mol. The molecule has 2 aromatic rings. The molecule has 1 amide bonds. The molecule has 0 radical (unpaired) electrons. The minimum absolute atomic E-state index is 0.00963. The summed E-state index contributed by atoms with van der Waals surface area (Å²) < 4.78 is 59.2. The van der Waals surface area contributed by atoms with Gasteiger partial charge in [0.25, 0.3) is 0 Å². The van der Waals surface area contributed by atoms with Gasteiger partial charge in [0, 0.05) is 37.9 Å². The van der Waals surface area contributed by atoms with Crippen LogP contribution in [-0.4, -0.2) is 54.0 Å². The topological polar surface area (TPSA) is 117 Å². The molecule has 4 rings (SSSR count). The number of alkyl halides is 3. The number of carbonyl (C=O) groups is 2. The van der Waals surface area contributed by atoms with E-state index in [0.29, 0.717) is 24.5 Å². The number of hydrogen-bond donors (Lipinski definition) is 2. The van der Waals surface area contributed by atoms with E-state index in [4.69, 9.17) is 9.90 Å². The summed E-state index contributed by atoms with van der Waals surface area (Å²) in [7, 11) is -3.51. The van der Waals surface area contributed by atoms with E-state index in [0.717, 1.165) is 30.4 Å². The molecule has 1 saturated heterocycles. The Morgan fingerprint density at radius 3 is 2.40 bits per heavy atom. The summed E-state index contributed by atoms with van der Waals surface area (Å²) in [6.45, 7) is 3.39. The third-order valence-corrected chi connectivity index (χ3v) is 8.12. The molecule has 1 aliphatic carbocycles. The lowest BCUT2D eigenvalue weighted by Crippen LogP contribution is -2.31. The van der Waals surface area contributed by atoms with Crippen LogP contribution in [-0.2, 0) is 32.6 Å². The zero-order valence-corrected chi connectivity index (χ0v) is 19.8. The maximum Gasteiger partial charge on any atom is 0.490 e. The molecule has 190 valence electrons. The Balaban J connectivity index is 0.000000429. The van der Waals surface area contributed by atoms with Crippen molar-refractivity contribution < 1.29 is 36.3 Å². The molecule has 1 aliphatic heterocycles. The summed E-state index contributed by atoms with van der Waals surface area (Å²) in [5, 5.41) is 10.1. The second-order valence-corrected chi connectivity index (χ2v) is 10.5. The molecule has 12 heteroatoms. The summed E-state index contributed by atoms with van der Waals surface area (Å²) in [5.41, 5.74) is 1.87. The molecule has 1 saturated carbocycles. The zero-order valence-electron chi connectivity index (χ0n) is 19.0. The predicted octanol–water partition coefficient (Wildman–Crippen LogP) is 2.99. The van der Waals surface area contributed by atoms with Gasteiger partial charge in [0.05, 0.1) is 4.90 Å². The fraction of sp³-hybridized carbons (Fsp3) is 0.435. The van der Waals surface area contributed by atoms with E-state index in [1.165, 1.54) is 0 Å². The van der Waals surface area contributed by atoms with Gasteiger partial charge in [-0.15, -0.1) is 0 Å². The normalized spacial score (nSPS) is 21.8. The number of carboxylic acid groups (broad SMARTS) is 1. The molecule has 2 heterocycles. The van der Waals surface area contributed by atoms with E-state index in [9.17, 15) is 26.4 Å². The van der Waals surface area contributed by atoms with Gasteiger partial charge < -0.3 is 10.4 Å². The van der Waals surface area contributed by atoms with E-state index in [1.807, 2.05) is 31.2 Å². The molecule has 35 heavy (non-hydrogen) atoms. The fourth-order valence-electron chi connectivity index (χ4n) is 4.09. The van der Waals surface area contributed by atoms with Crippen LogP contribution in [0.3, 0.4) is 0 Å². The Morgan fingerprint density at radius 2 is 1.86 bits per heavy atom. The van der Waals surface area contributed by atoms with Gasteiger partial charge in [0.2, 0.25) is 15.9 Å². The van der Waals surface area contributed by atoms with Crippen LogP contribution in [0.25, 0.3) is 0 Å². The van der Waals surface area contributed by atoms with Gasteiger partial charge in [-0.25, -0.2) is 13.2 Å². The van der Waals surface area contributed by atoms with Crippen molar-refractivity contribution in [3.05, 3.63) is 59.9 Å². The Morgan fingerprint density at radius 1 is 1.20 bits per heavy atom. The maximum absolute atomic E-state index is 13.0. The highest BCUT2D eigenvalue weighted by Crippen LogP contribution is 2.59. The van der Waals surface area contributed by atoms with Gasteiger partial charge in [-0.3, -0.25) is 9.78 Å². The first-order valence-corrected chi connectivity index (χ1v) is 12.4. The third kappa shape index (κ3) is 6.37. The number of carbonyl (C=O) groups excluding carboxylic acids is 1. The van der Waals surface area contributed by atoms with E-state index < -0.39 is 22.2 Å². The molecule has 1 spiro atoms. The van der Waals surface area contributed by atoms with Crippen molar-refractivity contribution in [3.63, 3.8) is 0 Å². The zero-order chi connectivity index (χ0) is 25.9. The van der Waals surface area contributed by atoms with Gasteiger partial charge in [-0.1, -0.05) is 25.1 Å². The van der Waals surface area contributed by atoms with Gasteiger partial charge in [0.1, 0.15) is 0 Å². The summed E-state index contributed by atoms with van der Waals surface area (Å²) in [4.78, 5) is 25.8. The number of aryl methyl sites for hydroxylation is 1. The number of pyridine rings is 1. The molecule has 1 aromatic carbocycles. The largest absolute Gasteiger partial charge is 0.490 e. The predicted molar refractivity (Wildman–Crippen MR) is 120 cm³/mol. The maximum atomic E-state index is 13.0. The Bertz CT molecular complexity index is 1160. The summed E-state index contributed by atoms with van der Waals surface area (Å²) in [6.07, 6.45) is 0.723. The van der Waals surface area contributed by atoms with Crippen LogP contribution in [0.5, 0.6) is 0 Å². The first kappa shape index (κ1) is 26.6. The number of halogens is 3. The number of carboxylic acids is 1. The van der Waals surface area contributed by atoms with Gasteiger partial charge in [-0.05, 0) is 54.0 Å². The number of benzene rings is 1. The number of sulfonamides is 1. The van der Waals surface area contributed by atoms with Crippen molar-refractivity contribution in [2.24, 2.45) is 11.3 Å². The van der Waals surface area contributed by atoms with Gasteiger partial charge in [0.15, 0.2) is 0 Å². The van der Waals surface area contributed by atoms with Crippen molar-refractivity contribution >= 4 is 21.9 Å². The highest BCUT2D eigenvalue weighted by molar-refractivity contribution is 7.89. The first-order chi connectivity index (χ1) is 16.4. The van der Waals surface area contributed by atoms with E-state index in [1.54, 1.807) is 28.8 Å². The molecule has 2 N–H and O–H groups in total. The highest BCUT2D eigenvalue weighted by atomic mass is 32.2. The first-order valence-electron chi connectivity index (χ1n) is 10.9. The highest BCUT2D eigenvalue weighted by Gasteiger charge is 2.62. The summed E-state index contributed by atoms with van der Waals surface area (Å²) >= 11 is 0. The summed E-state index contributed by atoms with van der Waals surface area (Å²) in [5.74, 6) is -2.85. The average molecular weight is 514 g/mol. The van der Waals surface area contributed by atoms with Gasteiger partial charge in [-0.2, -0.15) is 17.5 Å². The monoisotopic (exact) mass is 513 g/mol. The molecule has 2 atom stereocenters. The molecule has 2 fully saturated rings. The second kappa shape index (κ2) is 10.3. The summed E-state index contributed by atoms with van der Waals surface area (Å²) in [6, 6.07) is 10.9. The van der Waals surface area contributed by atoms with Crippen LogP contribution in [0.4, 0.5) is 13.2 Å². The fourth-order valence-corrected chi connectivity index (χ4v) is 5.63. The van der Waals surface area contributed by atoms with Crippen LogP contribution in [0.15, 0.2) is 53.7 Å². The van der Waals surface area contributed by atoms with Crippen molar-refractivity contribution in [2.75, 3.05) is 13.1 Å².